The fourth-order valence-corrected chi connectivity index (χ4v) is 2.39. The van der Waals surface area contributed by atoms with Gasteiger partial charge in [-0.15, -0.1) is 0 Å². The van der Waals surface area contributed by atoms with E-state index in [4.69, 9.17) is 0 Å². The minimum atomic E-state index is -0.0794. The predicted octanol–water partition coefficient (Wildman–Crippen LogP) is 3.58. The largest absolute Gasteiger partial charge is 0.313 e. The molecule has 0 amide bonds. The summed E-state index contributed by atoms with van der Waals surface area (Å²) >= 11 is 0. The van der Waals surface area contributed by atoms with Crippen LogP contribution in [0.2, 0.25) is 0 Å². The van der Waals surface area contributed by atoms with Crippen molar-refractivity contribution in [1.29, 1.82) is 0 Å². The van der Waals surface area contributed by atoms with E-state index in [0.29, 0.717) is 0 Å². The summed E-state index contributed by atoms with van der Waals surface area (Å²) in [7, 11) is 1.92. The van der Waals surface area contributed by atoms with E-state index in [1.807, 2.05) is 26.1 Å². The Morgan fingerprint density at radius 2 is 2.19 bits per heavy atom. The highest BCUT2D eigenvalue weighted by Gasteiger charge is 2.23. The van der Waals surface area contributed by atoms with Gasteiger partial charge in [0.05, 0.1) is 0 Å². The van der Waals surface area contributed by atoms with Gasteiger partial charge in [0.15, 0.2) is 0 Å². The Kier molecular flexibility index (Phi) is 3.59. The fraction of sp³-hybridized carbons (Fsp3) is 0.571. The Morgan fingerprint density at radius 3 is 2.75 bits per heavy atom. The maximum Gasteiger partial charge on any atom is 0.127 e. The van der Waals surface area contributed by atoms with Crippen molar-refractivity contribution >= 4 is 0 Å². The van der Waals surface area contributed by atoms with Crippen molar-refractivity contribution in [1.82, 2.24) is 5.32 Å². The van der Waals surface area contributed by atoms with Crippen LogP contribution in [-0.4, -0.2) is 7.05 Å². The van der Waals surface area contributed by atoms with Crippen LogP contribution < -0.4 is 5.32 Å². The molecular weight excluding hydrogens is 201 g/mol. The summed E-state index contributed by atoms with van der Waals surface area (Å²) in [5, 5.41) is 3.25. The van der Waals surface area contributed by atoms with E-state index in [0.717, 1.165) is 23.5 Å². The first-order valence-electron chi connectivity index (χ1n) is 6.14. The molecule has 2 heteroatoms. The maximum atomic E-state index is 13.7. The van der Waals surface area contributed by atoms with E-state index >= 15 is 0 Å². The van der Waals surface area contributed by atoms with Crippen molar-refractivity contribution in [2.75, 3.05) is 7.05 Å². The topological polar surface area (TPSA) is 12.0 Å². The lowest BCUT2D eigenvalue weighted by Crippen LogP contribution is -2.24. The Balaban J connectivity index is 2.14. The lowest BCUT2D eigenvalue weighted by molar-refractivity contribution is 0.263. The van der Waals surface area contributed by atoms with Crippen molar-refractivity contribution in [3.05, 3.63) is 35.1 Å². The highest BCUT2D eigenvalue weighted by Crippen LogP contribution is 2.35. The number of halogens is 1. The molecule has 1 atom stereocenters. The zero-order valence-corrected chi connectivity index (χ0v) is 10.1. The number of benzene rings is 1. The van der Waals surface area contributed by atoms with Gasteiger partial charge < -0.3 is 5.32 Å². The van der Waals surface area contributed by atoms with Gasteiger partial charge in [-0.1, -0.05) is 37.0 Å². The van der Waals surface area contributed by atoms with Crippen LogP contribution in [0.25, 0.3) is 0 Å². The van der Waals surface area contributed by atoms with E-state index in [1.54, 1.807) is 6.07 Å². The third-order valence-corrected chi connectivity index (χ3v) is 3.67. The van der Waals surface area contributed by atoms with Gasteiger partial charge >= 0.3 is 0 Å². The second-order valence-electron chi connectivity index (χ2n) is 4.90. The van der Waals surface area contributed by atoms with E-state index < -0.39 is 0 Å². The number of rotatable bonds is 4. The van der Waals surface area contributed by atoms with E-state index in [-0.39, 0.29) is 11.9 Å². The highest BCUT2D eigenvalue weighted by molar-refractivity contribution is 5.27. The van der Waals surface area contributed by atoms with Crippen LogP contribution in [0.1, 0.15) is 42.9 Å². The van der Waals surface area contributed by atoms with Gasteiger partial charge in [0.2, 0.25) is 0 Å². The molecule has 1 aliphatic carbocycles. The molecule has 0 aromatic heterocycles. The van der Waals surface area contributed by atoms with Crippen LogP contribution in [-0.2, 0) is 0 Å². The van der Waals surface area contributed by atoms with E-state index in [2.05, 4.69) is 5.32 Å². The minimum absolute atomic E-state index is 0.0794. The van der Waals surface area contributed by atoms with Gasteiger partial charge in [-0.25, -0.2) is 4.39 Å². The molecule has 0 radical (unpaired) electrons. The van der Waals surface area contributed by atoms with Crippen molar-refractivity contribution in [2.24, 2.45) is 5.92 Å². The fourth-order valence-electron chi connectivity index (χ4n) is 2.39. The second kappa shape index (κ2) is 4.96. The molecule has 1 unspecified atom stereocenters. The summed E-state index contributed by atoms with van der Waals surface area (Å²) in [5.41, 5.74) is 1.96. The molecule has 2 rings (SSSR count). The predicted molar refractivity (Wildman–Crippen MR) is 64.9 cm³/mol. The molecule has 1 aromatic carbocycles. The summed E-state index contributed by atoms with van der Waals surface area (Å²) in [6.07, 6.45) is 5.03. The second-order valence-corrected chi connectivity index (χ2v) is 4.90. The van der Waals surface area contributed by atoms with Gasteiger partial charge in [-0.05, 0) is 32.4 Å². The summed E-state index contributed by atoms with van der Waals surface area (Å²) in [6.45, 7) is 2.01. The zero-order valence-electron chi connectivity index (χ0n) is 10.1. The monoisotopic (exact) mass is 221 g/mol. The van der Waals surface area contributed by atoms with Crippen LogP contribution in [0.4, 0.5) is 4.39 Å². The first kappa shape index (κ1) is 11.6. The average Bonchev–Trinajstić information content (AvgIpc) is 2.21. The quantitative estimate of drug-likeness (QED) is 0.819. The van der Waals surface area contributed by atoms with Crippen molar-refractivity contribution in [3.8, 4) is 0 Å². The van der Waals surface area contributed by atoms with Crippen LogP contribution in [0, 0.1) is 18.7 Å². The van der Waals surface area contributed by atoms with Crippen molar-refractivity contribution in [2.45, 2.75) is 38.6 Å². The molecule has 1 N–H and O–H groups in total. The van der Waals surface area contributed by atoms with Crippen LogP contribution in [0.3, 0.4) is 0 Å². The summed E-state index contributed by atoms with van der Waals surface area (Å²) in [4.78, 5) is 0. The minimum Gasteiger partial charge on any atom is -0.313 e. The molecule has 1 saturated carbocycles. The molecule has 0 saturated heterocycles. The smallest absolute Gasteiger partial charge is 0.127 e. The number of nitrogens with one attached hydrogen (secondary N) is 1. The zero-order chi connectivity index (χ0) is 11.5. The third-order valence-electron chi connectivity index (χ3n) is 3.67. The third kappa shape index (κ3) is 2.43. The highest BCUT2D eigenvalue weighted by atomic mass is 19.1. The number of hydrogen-bond acceptors (Lipinski definition) is 1. The Hall–Kier alpha value is -0.890. The first-order chi connectivity index (χ1) is 7.70. The molecule has 0 aliphatic heterocycles. The average molecular weight is 221 g/mol. The molecule has 16 heavy (non-hydrogen) atoms. The van der Waals surface area contributed by atoms with Gasteiger partial charge in [-0.3, -0.25) is 0 Å². The molecule has 0 bridgehead atoms. The van der Waals surface area contributed by atoms with E-state index in [1.165, 1.54) is 19.3 Å². The summed E-state index contributed by atoms with van der Waals surface area (Å²) in [6, 6.07) is 5.55. The van der Waals surface area contributed by atoms with Gasteiger partial charge in [-0.2, -0.15) is 0 Å². The van der Waals surface area contributed by atoms with Crippen LogP contribution in [0.15, 0.2) is 18.2 Å². The Morgan fingerprint density at radius 1 is 1.44 bits per heavy atom. The summed E-state index contributed by atoms with van der Waals surface area (Å²) in [5.74, 6) is 0.710. The Labute approximate surface area is 97.1 Å². The molecule has 1 nitrogen and oxygen atoms in total. The molecule has 0 spiro atoms. The standard InChI is InChI=1S/C14H20FN/c1-10-6-7-13(15)12(8-10)14(16-2)9-11-4-3-5-11/h6-8,11,14,16H,3-5,9H2,1-2H3. The lowest BCUT2D eigenvalue weighted by Gasteiger charge is -2.30. The van der Waals surface area contributed by atoms with Crippen molar-refractivity contribution in [3.63, 3.8) is 0 Å². The molecule has 1 aromatic rings. The van der Waals surface area contributed by atoms with Gasteiger partial charge in [0, 0.05) is 11.6 Å². The van der Waals surface area contributed by atoms with Crippen molar-refractivity contribution < 1.29 is 4.39 Å². The normalized spacial score (nSPS) is 18.2. The molecular formula is C14H20FN. The van der Waals surface area contributed by atoms with Crippen LogP contribution >= 0.6 is 0 Å². The molecule has 0 heterocycles. The molecule has 88 valence electrons. The van der Waals surface area contributed by atoms with Gasteiger partial charge in [0.25, 0.3) is 0 Å². The Bertz CT molecular complexity index is 358. The van der Waals surface area contributed by atoms with Gasteiger partial charge in [0.1, 0.15) is 5.82 Å². The SMILES string of the molecule is CNC(CC1CCC1)c1cc(C)ccc1F. The molecule has 1 aliphatic rings. The van der Waals surface area contributed by atoms with E-state index in [9.17, 15) is 4.39 Å². The first-order valence-corrected chi connectivity index (χ1v) is 6.14. The summed E-state index contributed by atoms with van der Waals surface area (Å²) < 4.78 is 13.7. The maximum absolute atomic E-state index is 13.7. The van der Waals surface area contributed by atoms with Crippen LogP contribution in [0.5, 0.6) is 0 Å². The molecule has 1 fully saturated rings. The lowest BCUT2D eigenvalue weighted by atomic mass is 9.79. The number of hydrogen-bond donors (Lipinski definition) is 1. The number of aryl methyl sites for hydroxylation is 1.